The molecule has 9 nitrogen and oxygen atoms in total. The van der Waals surface area contributed by atoms with E-state index in [1.54, 1.807) is 30.1 Å². The fourth-order valence-corrected chi connectivity index (χ4v) is 4.75. The zero-order valence-electron chi connectivity index (χ0n) is 21.8. The van der Waals surface area contributed by atoms with E-state index in [1.165, 1.54) is 12.4 Å². The number of aromatic nitrogens is 6. The Morgan fingerprint density at radius 2 is 1.97 bits per heavy atom. The molecule has 204 valence electrons. The lowest BCUT2D eigenvalue weighted by Crippen LogP contribution is -2.35. The summed E-state index contributed by atoms with van der Waals surface area (Å²) in [7, 11) is 1.73. The second-order valence-electron chi connectivity index (χ2n) is 11.0. The fraction of sp³-hybridized carbons (Fsp3) is 0.423. The van der Waals surface area contributed by atoms with Gasteiger partial charge in [-0.1, -0.05) is 37.6 Å². The second kappa shape index (κ2) is 9.41. The Hall–Kier alpha value is -3.85. The van der Waals surface area contributed by atoms with Crippen LogP contribution < -0.4 is 10.6 Å². The van der Waals surface area contributed by atoms with Crippen molar-refractivity contribution in [1.29, 1.82) is 5.26 Å². The third-order valence-electron chi connectivity index (χ3n) is 6.80. The van der Waals surface area contributed by atoms with Gasteiger partial charge in [0.05, 0.1) is 33.7 Å². The summed E-state index contributed by atoms with van der Waals surface area (Å²) >= 11 is 6.64. The maximum absolute atomic E-state index is 13.7. The van der Waals surface area contributed by atoms with Crippen molar-refractivity contribution in [3.63, 3.8) is 0 Å². The third kappa shape index (κ3) is 4.98. The smallest absolute Gasteiger partial charge is 0.383 e. The SMILES string of the molecule is Cn1nccc1C(Nc1cc(Cl)c2ncc(C#N)c(NCC(C)(C)C)c2c1)c1cn(C2(C(F)(F)F)CC2)nn1. The molecule has 1 aliphatic carbocycles. The van der Waals surface area contributed by atoms with Gasteiger partial charge in [0.25, 0.3) is 0 Å². The number of hydrogen-bond acceptors (Lipinski definition) is 7. The number of hydrogen-bond donors (Lipinski definition) is 2. The molecule has 1 fully saturated rings. The van der Waals surface area contributed by atoms with Gasteiger partial charge in [-0.05, 0) is 36.5 Å². The van der Waals surface area contributed by atoms with Gasteiger partial charge in [-0.2, -0.15) is 23.5 Å². The van der Waals surface area contributed by atoms with Crippen LogP contribution in [0.4, 0.5) is 24.5 Å². The van der Waals surface area contributed by atoms with E-state index in [9.17, 15) is 18.4 Å². The Labute approximate surface area is 228 Å². The van der Waals surface area contributed by atoms with Crippen molar-refractivity contribution >= 4 is 33.9 Å². The lowest BCUT2D eigenvalue weighted by atomic mass is 9.96. The first kappa shape index (κ1) is 26.7. The van der Waals surface area contributed by atoms with Gasteiger partial charge in [0, 0.05) is 37.1 Å². The fourth-order valence-electron chi connectivity index (χ4n) is 4.48. The predicted molar refractivity (Wildman–Crippen MR) is 141 cm³/mol. The second-order valence-corrected chi connectivity index (χ2v) is 11.4. The largest absolute Gasteiger partial charge is 0.413 e. The van der Waals surface area contributed by atoms with Gasteiger partial charge in [-0.25, -0.2) is 4.68 Å². The highest BCUT2D eigenvalue weighted by Crippen LogP contribution is 2.55. The van der Waals surface area contributed by atoms with E-state index in [2.05, 4.69) is 57.9 Å². The van der Waals surface area contributed by atoms with Gasteiger partial charge < -0.3 is 10.6 Å². The van der Waals surface area contributed by atoms with Gasteiger partial charge in [0.1, 0.15) is 17.8 Å². The summed E-state index contributed by atoms with van der Waals surface area (Å²) in [5.41, 5.74) is 0.912. The molecule has 3 heterocycles. The predicted octanol–water partition coefficient (Wildman–Crippen LogP) is 5.80. The van der Waals surface area contributed by atoms with E-state index in [0.717, 1.165) is 4.68 Å². The molecule has 4 aromatic rings. The van der Waals surface area contributed by atoms with Crippen LogP contribution in [0.1, 0.15) is 56.6 Å². The molecule has 0 saturated heterocycles. The van der Waals surface area contributed by atoms with Crippen LogP contribution >= 0.6 is 11.6 Å². The molecule has 0 spiro atoms. The summed E-state index contributed by atoms with van der Waals surface area (Å²) < 4.78 is 43.7. The van der Waals surface area contributed by atoms with Crippen LogP contribution in [0.5, 0.6) is 0 Å². The topological polar surface area (TPSA) is 109 Å². The van der Waals surface area contributed by atoms with Crippen molar-refractivity contribution in [3.8, 4) is 6.07 Å². The standard InChI is InChI=1S/C26H27ClF3N9/c1-24(2,3)14-33-21-15(11-31)12-32-22-17(21)9-16(10-18(22)27)35-23(20-5-8-34-38(20)4)19-13-39(37-36-19)25(6-7-25)26(28,29)30/h5,8-10,12-13,23,35H,6-7,14H2,1-4H3,(H,32,33). The van der Waals surface area contributed by atoms with Crippen molar-refractivity contribution < 1.29 is 13.2 Å². The minimum Gasteiger partial charge on any atom is -0.383 e. The minimum absolute atomic E-state index is 0.0397. The molecule has 3 aromatic heterocycles. The molecule has 1 atom stereocenters. The summed E-state index contributed by atoms with van der Waals surface area (Å²) in [6.45, 7) is 6.82. The molecule has 2 N–H and O–H groups in total. The molecule has 0 aliphatic heterocycles. The number of alkyl halides is 3. The van der Waals surface area contributed by atoms with E-state index >= 15 is 0 Å². The number of rotatable bonds is 7. The first-order valence-corrected chi connectivity index (χ1v) is 12.7. The normalized spacial score (nSPS) is 15.7. The number of fused-ring (bicyclic) bond motifs is 1. The molecule has 0 amide bonds. The highest BCUT2D eigenvalue weighted by Gasteiger charge is 2.66. The van der Waals surface area contributed by atoms with E-state index in [-0.39, 0.29) is 18.3 Å². The van der Waals surface area contributed by atoms with Gasteiger partial charge >= 0.3 is 6.18 Å². The Balaban J connectivity index is 1.58. The first-order valence-electron chi connectivity index (χ1n) is 12.3. The number of pyridine rings is 1. The zero-order chi connectivity index (χ0) is 28.2. The lowest BCUT2D eigenvalue weighted by Gasteiger charge is -2.22. The van der Waals surface area contributed by atoms with Crippen molar-refractivity contribution in [2.45, 2.75) is 51.4 Å². The number of benzene rings is 1. The average Bonchev–Trinajstić information content (AvgIpc) is 3.35. The van der Waals surface area contributed by atoms with Crippen LogP contribution in [0.15, 0.2) is 36.8 Å². The summed E-state index contributed by atoms with van der Waals surface area (Å²) in [5.74, 6) is 0. The van der Waals surface area contributed by atoms with Crippen LogP contribution in [0.2, 0.25) is 5.02 Å². The van der Waals surface area contributed by atoms with Crippen LogP contribution in [0.25, 0.3) is 10.9 Å². The minimum atomic E-state index is -4.43. The van der Waals surface area contributed by atoms with Crippen molar-refractivity contribution in [2.24, 2.45) is 12.5 Å². The van der Waals surface area contributed by atoms with Crippen molar-refractivity contribution in [1.82, 2.24) is 29.8 Å². The van der Waals surface area contributed by atoms with Crippen LogP contribution in [0, 0.1) is 16.7 Å². The maximum atomic E-state index is 13.7. The highest BCUT2D eigenvalue weighted by molar-refractivity contribution is 6.35. The summed E-state index contributed by atoms with van der Waals surface area (Å²) in [4.78, 5) is 4.39. The summed E-state index contributed by atoms with van der Waals surface area (Å²) in [5, 5.41) is 29.7. The Bertz CT molecular complexity index is 1570. The molecule has 1 aliphatic rings. The molecule has 1 unspecified atom stereocenters. The Kier molecular flexibility index (Phi) is 6.45. The van der Waals surface area contributed by atoms with E-state index < -0.39 is 17.8 Å². The lowest BCUT2D eigenvalue weighted by molar-refractivity contribution is -0.182. The Morgan fingerprint density at radius 3 is 2.56 bits per heavy atom. The summed E-state index contributed by atoms with van der Waals surface area (Å²) in [6.07, 6.45) is -0.0977. The Morgan fingerprint density at radius 1 is 1.23 bits per heavy atom. The van der Waals surface area contributed by atoms with E-state index in [1.807, 2.05) is 6.07 Å². The van der Waals surface area contributed by atoms with Gasteiger partial charge in [-0.15, -0.1) is 5.10 Å². The summed E-state index contributed by atoms with van der Waals surface area (Å²) in [6, 6.07) is 6.73. The maximum Gasteiger partial charge on any atom is 0.413 e. The third-order valence-corrected chi connectivity index (χ3v) is 7.09. The number of nitrogens with one attached hydrogen (secondary N) is 2. The molecule has 39 heavy (non-hydrogen) atoms. The van der Waals surface area contributed by atoms with Gasteiger partial charge in [-0.3, -0.25) is 9.67 Å². The molecule has 0 radical (unpaired) electrons. The number of nitrogens with zero attached hydrogens (tertiary/aromatic N) is 7. The van der Waals surface area contributed by atoms with E-state index in [4.69, 9.17) is 11.6 Å². The molecule has 0 bridgehead atoms. The highest BCUT2D eigenvalue weighted by atomic mass is 35.5. The molecular weight excluding hydrogens is 531 g/mol. The van der Waals surface area contributed by atoms with Gasteiger partial charge in [0.2, 0.25) is 0 Å². The number of anilines is 2. The van der Waals surface area contributed by atoms with Gasteiger partial charge in [0.15, 0.2) is 5.54 Å². The monoisotopic (exact) mass is 557 g/mol. The van der Waals surface area contributed by atoms with Crippen LogP contribution in [-0.2, 0) is 12.6 Å². The first-order chi connectivity index (χ1) is 18.3. The number of halogens is 4. The molecular formula is C26H27ClF3N9. The number of aryl methyl sites for hydroxylation is 1. The van der Waals surface area contributed by atoms with E-state index in [0.29, 0.717) is 50.8 Å². The molecule has 1 aromatic carbocycles. The van der Waals surface area contributed by atoms with Crippen LogP contribution in [0.3, 0.4) is 0 Å². The quantitative estimate of drug-likeness (QED) is 0.296. The molecule has 13 heteroatoms. The zero-order valence-corrected chi connectivity index (χ0v) is 22.6. The molecule has 1 saturated carbocycles. The van der Waals surface area contributed by atoms with Crippen molar-refractivity contribution in [2.75, 3.05) is 17.2 Å². The van der Waals surface area contributed by atoms with Crippen molar-refractivity contribution in [3.05, 3.63) is 58.8 Å². The average molecular weight is 558 g/mol. The van der Waals surface area contributed by atoms with Crippen LogP contribution in [-0.4, -0.2) is 42.5 Å². The molecule has 5 rings (SSSR count). The number of nitriles is 1.